The van der Waals surface area contributed by atoms with E-state index in [9.17, 15) is 4.79 Å². The topological polar surface area (TPSA) is 35.5 Å². The summed E-state index contributed by atoms with van der Waals surface area (Å²) in [4.78, 5) is 11.7. The lowest BCUT2D eigenvalue weighted by molar-refractivity contribution is -0.150. The van der Waals surface area contributed by atoms with Gasteiger partial charge < -0.3 is 9.47 Å². The third-order valence-corrected chi connectivity index (χ3v) is 7.58. The van der Waals surface area contributed by atoms with E-state index in [-0.39, 0.29) is 5.97 Å². The first-order valence-corrected chi connectivity index (χ1v) is 14.1. The van der Waals surface area contributed by atoms with Crippen LogP contribution in [0.5, 0.6) is 5.75 Å². The SMILES string of the molecule is CCCCCC1CCC(CCCCc2ccc(-c3ccc(O[C@H](C)C(=O)OCC)cc3)cc2)CC1. The molecule has 0 saturated heterocycles. The average molecular weight is 479 g/mol. The molecular weight excluding hydrogens is 432 g/mol. The van der Waals surface area contributed by atoms with E-state index in [4.69, 9.17) is 9.47 Å². The highest BCUT2D eigenvalue weighted by Gasteiger charge is 2.20. The second kappa shape index (κ2) is 15.0. The highest BCUT2D eigenvalue weighted by atomic mass is 16.6. The van der Waals surface area contributed by atoms with E-state index >= 15 is 0 Å². The molecule has 0 radical (unpaired) electrons. The van der Waals surface area contributed by atoms with Crippen LogP contribution in [0.1, 0.15) is 97.0 Å². The maximum Gasteiger partial charge on any atom is 0.347 e. The van der Waals surface area contributed by atoms with Crippen LogP contribution >= 0.6 is 0 Å². The first-order valence-electron chi connectivity index (χ1n) is 14.1. The molecule has 3 nitrogen and oxygen atoms in total. The van der Waals surface area contributed by atoms with Gasteiger partial charge in [0.2, 0.25) is 0 Å². The van der Waals surface area contributed by atoms with Gasteiger partial charge in [-0.3, -0.25) is 0 Å². The lowest BCUT2D eigenvalue weighted by Crippen LogP contribution is -2.25. The largest absolute Gasteiger partial charge is 0.479 e. The molecule has 192 valence electrons. The van der Waals surface area contributed by atoms with Crippen molar-refractivity contribution in [3.8, 4) is 16.9 Å². The molecule has 0 unspecified atom stereocenters. The molecule has 0 aromatic heterocycles. The van der Waals surface area contributed by atoms with Crippen LogP contribution in [0.3, 0.4) is 0 Å². The molecule has 0 N–H and O–H groups in total. The summed E-state index contributed by atoms with van der Waals surface area (Å²) in [5.74, 6) is 2.34. The number of carbonyl (C=O) groups excluding carboxylic acids is 1. The van der Waals surface area contributed by atoms with Gasteiger partial charge in [-0.05, 0) is 67.3 Å². The van der Waals surface area contributed by atoms with E-state index < -0.39 is 6.10 Å². The number of aryl methyl sites for hydroxylation is 1. The number of hydrogen-bond donors (Lipinski definition) is 0. The van der Waals surface area contributed by atoms with Gasteiger partial charge in [0.25, 0.3) is 0 Å². The molecule has 1 saturated carbocycles. The number of ether oxygens (including phenoxy) is 2. The van der Waals surface area contributed by atoms with Crippen LogP contribution < -0.4 is 4.74 Å². The monoisotopic (exact) mass is 478 g/mol. The number of benzene rings is 2. The predicted octanol–water partition coefficient (Wildman–Crippen LogP) is 8.78. The number of unbranched alkanes of at least 4 members (excludes halogenated alkanes) is 3. The molecule has 1 aliphatic rings. The molecule has 0 amide bonds. The van der Waals surface area contributed by atoms with Gasteiger partial charge in [0.15, 0.2) is 6.10 Å². The lowest BCUT2D eigenvalue weighted by atomic mass is 9.78. The fourth-order valence-electron chi connectivity index (χ4n) is 5.36. The van der Waals surface area contributed by atoms with E-state index in [2.05, 4.69) is 31.2 Å². The molecule has 35 heavy (non-hydrogen) atoms. The van der Waals surface area contributed by atoms with Gasteiger partial charge in [-0.1, -0.05) is 108 Å². The van der Waals surface area contributed by atoms with Gasteiger partial charge in [-0.25, -0.2) is 4.79 Å². The van der Waals surface area contributed by atoms with Crippen LogP contribution in [0.2, 0.25) is 0 Å². The summed E-state index contributed by atoms with van der Waals surface area (Å²) in [6.07, 6.45) is 16.2. The fourth-order valence-corrected chi connectivity index (χ4v) is 5.36. The zero-order chi connectivity index (χ0) is 24.9. The second-order valence-electron chi connectivity index (χ2n) is 10.4. The Morgan fingerprint density at radius 2 is 1.34 bits per heavy atom. The number of esters is 1. The highest BCUT2D eigenvalue weighted by Crippen LogP contribution is 2.34. The summed E-state index contributed by atoms with van der Waals surface area (Å²) >= 11 is 0. The minimum Gasteiger partial charge on any atom is -0.479 e. The number of hydrogen-bond acceptors (Lipinski definition) is 3. The summed E-state index contributed by atoms with van der Waals surface area (Å²) < 4.78 is 10.7. The summed E-state index contributed by atoms with van der Waals surface area (Å²) in [6.45, 7) is 6.18. The molecule has 2 aromatic carbocycles. The molecule has 0 aliphatic heterocycles. The van der Waals surface area contributed by atoms with Gasteiger partial charge in [0.05, 0.1) is 6.61 Å². The third kappa shape index (κ3) is 9.35. The van der Waals surface area contributed by atoms with E-state index in [1.807, 2.05) is 24.3 Å². The quantitative estimate of drug-likeness (QED) is 0.201. The van der Waals surface area contributed by atoms with Crippen molar-refractivity contribution in [1.29, 1.82) is 0 Å². The Kier molecular flexibility index (Phi) is 11.7. The zero-order valence-electron chi connectivity index (χ0n) is 22.3. The maximum atomic E-state index is 11.7. The lowest BCUT2D eigenvalue weighted by Gasteiger charge is -2.28. The Hall–Kier alpha value is -2.29. The van der Waals surface area contributed by atoms with Gasteiger partial charge in [0, 0.05) is 0 Å². The minimum absolute atomic E-state index is 0.336. The molecule has 1 fully saturated rings. The first kappa shape index (κ1) is 27.3. The van der Waals surface area contributed by atoms with E-state index in [0.717, 1.165) is 17.4 Å². The Balaban J connectivity index is 1.35. The van der Waals surface area contributed by atoms with E-state index in [0.29, 0.717) is 12.4 Å². The van der Waals surface area contributed by atoms with Crippen molar-refractivity contribution in [3.05, 3.63) is 54.1 Å². The van der Waals surface area contributed by atoms with E-state index in [1.165, 1.54) is 88.2 Å². The minimum atomic E-state index is -0.606. The Bertz CT molecular complexity index is 847. The molecule has 1 atom stereocenters. The Morgan fingerprint density at radius 3 is 1.89 bits per heavy atom. The Morgan fingerprint density at radius 1 is 0.800 bits per heavy atom. The Labute approximate surface area is 213 Å². The van der Waals surface area contributed by atoms with Gasteiger partial charge >= 0.3 is 5.97 Å². The van der Waals surface area contributed by atoms with Crippen molar-refractivity contribution in [2.45, 2.75) is 104 Å². The van der Waals surface area contributed by atoms with Crippen molar-refractivity contribution < 1.29 is 14.3 Å². The van der Waals surface area contributed by atoms with Crippen molar-refractivity contribution >= 4 is 5.97 Å². The molecule has 0 heterocycles. The smallest absolute Gasteiger partial charge is 0.347 e. The molecular formula is C32H46O3. The van der Waals surface area contributed by atoms with E-state index in [1.54, 1.807) is 13.8 Å². The van der Waals surface area contributed by atoms with Crippen LogP contribution in [0.15, 0.2) is 48.5 Å². The van der Waals surface area contributed by atoms with Gasteiger partial charge in [-0.15, -0.1) is 0 Å². The van der Waals surface area contributed by atoms with Crippen molar-refractivity contribution in [2.24, 2.45) is 11.8 Å². The maximum absolute atomic E-state index is 11.7. The summed E-state index contributed by atoms with van der Waals surface area (Å²) in [7, 11) is 0. The number of carbonyl (C=O) groups is 1. The van der Waals surface area contributed by atoms with Crippen molar-refractivity contribution in [1.82, 2.24) is 0 Å². The standard InChI is InChI=1S/C32H46O3/c1-4-6-7-10-26-13-15-27(16-14-26)11-8-9-12-28-17-19-29(20-18-28)30-21-23-31(24-22-30)35-25(3)32(33)34-5-2/h17-27H,4-16H2,1-3H3/t25-,26?,27?/m1/s1. The van der Waals surface area contributed by atoms with Crippen LogP contribution in [0.4, 0.5) is 0 Å². The molecule has 2 aromatic rings. The zero-order valence-corrected chi connectivity index (χ0v) is 22.3. The molecule has 0 bridgehead atoms. The normalized spacial score (nSPS) is 18.7. The fraction of sp³-hybridized carbons (Fsp3) is 0.594. The summed E-state index contributed by atoms with van der Waals surface area (Å²) in [5, 5.41) is 0. The number of rotatable bonds is 14. The molecule has 0 spiro atoms. The van der Waals surface area contributed by atoms with Gasteiger partial charge in [0.1, 0.15) is 5.75 Å². The molecule has 1 aliphatic carbocycles. The average Bonchev–Trinajstić information content (AvgIpc) is 2.88. The second-order valence-corrected chi connectivity index (χ2v) is 10.4. The third-order valence-electron chi connectivity index (χ3n) is 7.58. The van der Waals surface area contributed by atoms with Crippen LogP contribution in [-0.2, 0) is 16.0 Å². The summed E-state index contributed by atoms with van der Waals surface area (Å²) in [6, 6.07) is 16.9. The molecule has 3 heteroatoms. The molecule has 3 rings (SSSR count). The van der Waals surface area contributed by atoms with Crippen LogP contribution in [-0.4, -0.2) is 18.7 Å². The first-order chi connectivity index (χ1) is 17.1. The van der Waals surface area contributed by atoms with Crippen molar-refractivity contribution in [3.63, 3.8) is 0 Å². The van der Waals surface area contributed by atoms with Gasteiger partial charge in [-0.2, -0.15) is 0 Å². The van der Waals surface area contributed by atoms with Crippen LogP contribution in [0.25, 0.3) is 11.1 Å². The predicted molar refractivity (Wildman–Crippen MR) is 146 cm³/mol. The summed E-state index contributed by atoms with van der Waals surface area (Å²) in [5.41, 5.74) is 3.78. The van der Waals surface area contributed by atoms with Crippen molar-refractivity contribution in [2.75, 3.05) is 6.61 Å². The van der Waals surface area contributed by atoms with Crippen LogP contribution in [0, 0.1) is 11.8 Å². The highest BCUT2D eigenvalue weighted by molar-refractivity contribution is 5.74.